The number of halogens is 3. The Morgan fingerprint density at radius 3 is 2.35 bits per heavy atom. The van der Waals surface area contributed by atoms with Gasteiger partial charge in [-0.1, -0.05) is 54.1 Å². The molecule has 0 bridgehead atoms. The van der Waals surface area contributed by atoms with E-state index in [1.165, 1.54) is 34.6 Å². The van der Waals surface area contributed by atoms with E-state index in [4.69, 9.17) is 16.3 Å². The molecule has 1 amide bonds. The van der Waals surface area contributed by atoms with E-state index in [1.54, 1.807) is 48.5 Å². The maximum atomic E-state index is 13.4. The van der Waals surface area contributed by atoms with Crippen LogP contribution in [0, 0.1) is 0 Å². The average molecular weight is 549 g/mol. The van der Waals surface area contributed by atoms with Gasteiger partial charge in [-0.2, -0.15) is 13.1 Å². The number of nitrogens with one attached hydrogen (secondary N) is 1. The molecule has 0 radical (unpaired) electrons. The van der Waals surface area contributed by atoms with Gasteiger partial charge < -0.3 is 14.8 Å². The first kappa shape index (κ1) is 26.7. The standard InChI is InChI=1S/C26H23ClF2N2O5S/c27-23-11-8-20(17-24(23)37(33,34)31-12-14-35-15-13-31)30-25(32)22(19-4-2-1-3-5-19)16-18-6-9-21(10-7-18)36-26(28)29/h1-11,16-17,26H,12-15H2,(H,30,32)/b22-16+. The van der Waals surface area contributed by atoms with Gasteiger partial charge in [0, 0.05) is 24.4 Å². The predicted octanol–water partition coefficient (Wildman–Crippen LogP) is 5.14. The maximum absolute atomic E-state index is 13.4. The first-order chi connectivity index (χ1) is 17.7. The fraction of sp³-hybridized carbons (Fsp3) is 0.192. The van der Waals surface area contributed by atoms with Crippen molar-refractivity contribution in [2.24, 2.45) is 0 Å². The second-order valence-corrected chi connectivity index (χ2v) is 10.3. The van der Waals surface area contributed by atoms with Crippen LogP contribution < -0.4 is 10.1 Å². The first-order valence-electron chi connectivity index (χ1n) is 11.2. The molecule has 0 aliphatic carbocycles. The lowest BCUT2D eigenvalue weighted by Gasteiger charge is -2.26. The van der Waals surface area contributed by atoms with Crippen molar-refractivity contribution >= 4 is 44.9 Å². The van der Waals surface area contributed by atoms with Gasteiger partial charge in [0.2, 0.25) is 10.0 Å². The molecule has 7 nitrogen and oxygen atoms in total. The van der Waals surface area contributed by atoms with Gasteiger partial charge in [0.05, 0.1) is 18.2 Å². The van der Waals surface area contributed by atoms with E-state index < -0.39 is 22.5 Å². The maximum Gasteiger partial charge on any atom is 0.387 e. The molecule has 3 aromatic carbocycles. The number of amides is 1. The number of carbonyl (C=O) groups is 1. The molecule has 0 aromatic heterocycles. The Bertz CT molecular complexity index is 1380. The van der Waals surface area contributed by atoms with Gasteiger partial charge in [-0.05, 0) is 47.5 Å². The number of hydrogen-bond acceptors (Lipinski definition) is 5. The van der Waals surface area contributed by atoms with Crippen molar-refractivity contribution in [2.75, 3.05) is 31.6 Å². The normalized spacial score (nSPS) is 15.0. The highest BCUT2D eigenvalue weighted by Gasteiger charge is 2.29. The van der Waals surface area contributed by atoms with Crippen LogP contribution in [0.4, 0.5) is 14.5 Å². The van der Waals surface area contributed by atoms with E-state index in [1.807, 2.05) is 0 Å². The molecule has 194 valence electrons. The summed E-state index contributed by atoms with van der Waals surface area (Å²) in [4.78, 5) is 13.2. The summed E-state index contributed by atoms with van der Waals surface area (Å²) in [5, 5.41) is 2.78. The summed E-state index contributed by atoms with van der Waals surface area (Å²) < 4.78 is 62.1. The van der Waals surface area contributed by atoms with Gasteiger partial charge >= 0.3 is 6.61 Å². The molecule has 1 aliphatic heterocycles. The molecule has 0 atom stereocenters. The van der Waals surface area contributed by atoms with Crippen LogP contribution in [-0.2, 0) is 19.6 Å². The third-order valence-corrected chi connectivity index (χ3v) is 7.90. The molecule has 3 aromatic rings. The number of anilines is 1. The third-order valence-electron chi connectivity index (χ3n) is 5.52. The summed E-state index contributed by atoms with van der Waals surface area (Å²) >= 11 is 6.23. The molecule has 0 unspecified atom stereocenters. The minimum Gasteiger partial charge on any atom is -0.435 e. The molecule has 11 heteroatoms. The number of alkyl halides is 2. The Labute approximate surface area is 218 Å². The minimum atomic E-state index is -3.89. The fourth-order valence-corrected chi connectivity index (χ4v) is 5.62. The highest BCUT2D eigenvalue weighted by Crippen LogP contribution is 2.29. The molecule has 37 heavy (non-hydrogen) atoms. The minimum absolute atomic E-state index is 0.00645. The van der Waals surface area contributed by atoms with E-state index in [-0.39, 0.29) is 53.2 Å². The van der Waals surface area contributed by atoms with Gasteiger partial charge in [0.1, 0.15) is 10.6 Å². The molecule has 1 saturated heterocycles. The topological polar surface area (TPSA) is 84.9 Å². The molecule has 1 heterocycles. The van der Waals surface area contributed by atoms with Gasteiger partial charge in [0.25, 0.3) is 5.91 Å². The van der Waals surface area contributed by atoms with E-state index in [0.717, 1.165) is 0 Å². The third kappa shape index (κ3) is 6.72. The largest absolute Gasteiger partial charge is 0.435 e. The van der Waals surface area contributed by atoms with Crippen molar-refractivity contribution in [3.63, 3.8) is 0 Å². The van der Waals surface area contributed by atoms with Crippen LogP contribution in [0.25, 0.3) is 11.6 Å². The SMILES string of the molecule is O=C(Nc1ccc(Cl)c(S(=O)(=O)N2CCOCC2)c1)/C(=C/c1ccc(OC(F)F)cc1)c1ccccc1. The average Bonchev–Trinajstić information content (AvgIpc) is 2.90. The zero-order valence-electron chi connectivity index (χ0n) is 19.4. The second kappa shape index (κ2) is 11.8. The molecule has 4 rings (SSSR count). The monoisotopic (exact) mass is 548 g/mol. The van der Waals surface area contributed by atoms with Crippen molar-refractivity contribution in [3.05, 3.63) is 88.9 Å². The number of morpholine rings is 1. The van der Waals surface area contributed by atoms with Crippen molar-refractivity contribution in [3.8, 4) is 5.75 Å². The molecule has 1 aliphatic rings. The van der Waals surface area contributed by atoms with E-state index in [0.29, 0.717) is 11.1 Å². The highest BCUT2D eigenvalue weighted by atomic mass is 35.5. The summed E-state index contributed by atoms with van der Waals surface area (Å²) in [6, 6.07) is 18.9. The van der Waals surface area contributed by atoms with Crippen molar-refractivity contribution in [2.45, 2.75) is 11.5 Å². The summed E-state index contributed by atoms with van der Waals surface area (Å²) in [6.45, 7) is -1.96. The summed E-state index contributed by atoms with van der Waals surface area (Å²) in [7, 11) is -3.89. The van der Waals surface area contributed by atoms with Crippen molar-refractivity contribution in [1.29, 1.82) is 0 Å². The van der Waals surface area contributed by atoms with Gasteiger partial charge in [-0.25, -0.2) is 8.42 Å². The molecule has 0 saturated carbocycles. The Kier molecular flexibility index (Phi) is 8.55. The molecule has 1 N–H and O–H groups in total. The zero-order chi connectivity index (χ0) is 26.4. The van der Waals surface area contributed by atoms with Crippen LogP contribution in [-0.4, -0.2) is 51.5 Å². The number of benzene rings is 3. The number of rotatable bonds is 8. The lowest BCUT2D eigenvalue weighted by molar-refractivity contribution is -0.111. The van der Waals surface area contributed by atoms with Crippen LogP contribution >= 0.6 is 11.6 Å². The van der Waals surface area contributed by atoms with Crippen LogP contribution in [0.15, 0.2) is 77.7 Å². The zero-order valence-corrected chi connectivity index (χ0v) is 21.0. The van der Waals surface area contributed by atoms with Crippen molar-refractivity contribution in [1.82, 2.24) is 4.31 Å². The van der Waals surface area contributed by atoms with Crippen LogP contribution in [0.1, 0.15) is 11.1 Å². The lowest BCUT2D eigenvalue weighted by atomic mass is 10.0. The number of carbonyl (C=O) groups excluding carboxylic acids is 1. The summed E-state index contributed by atoms with van der Waals surface area (Å²) in [5.74, 6) is -0.510. The fourth-order valence-electron chi connectivity index (χ4n) is 3.71. The molecular weight excluding hydrogens is 526 g/mol. The molecule has 1 fully saturated rings. The quantitative estimate of drug-likeness (QED) is 0.311. The Morgan fingerprint density at radius 1 is 1.03 bits per heavy atom. The Balaban J connectivity index is 1.63. The number of hydrogen-bond donors (Lipinski definition) is 1. The predicted molar refractivity (Wildman–Crippen MR) is 137 cm³/mol. The Hall–Kier alpha value is -3.31. The van der Waals surface area contributed by atoms with Crippen LogP contribution in [0.3, 0.4) is 0 Å². The van der Waals surface area contributed by atoms with Crippen molar-refractivity contribution < 1.29 is 31.5 Å². The number of ether oxygens (including phenoxy) is 2. The van der Waals surface area contributed by atoms with Gasteiger partial charge in [0.15, 0.2) is 0 Å². The highest BCUT2D eigenvalue weighted by molar-refractivity contribution is 7.89. The first-order valence-corrected chi connectivity index (χ1v) is 13.1. The van der Waals surface area contributed by atoms with E-state index in [9.17, 15) is 22.0 Å². The molecular formula is C26H23ClF2N2O5S. The van der Waals surface area contributed by atoms with E-state index >= 15 is 0 Å². The second-order valence-electron chi connectivity index (χ2n) is 7.99. The Morgan fingerprint density at radius 2 is 1.70 bits per heavy atom. The van der Waals surface area contributed by atoms with Crippen LogP contribution in [0.2, 0.25) is 5.02 Å². The number of nitrogens with zero attached hydrogens (tertiary/aromatic N) is 1. The lowest BCUT2D eigenvalue weighted by Crippen LogP contribution is -2.40. The van der Waals surface area contributed by atoms with Crippen LogP contribution in [0.5, 0.6) is 5.75 Å². The van der Waals surface area contributed by atoms with Gasteiger partial charge in [-0.3, -0.25) is 4.79 Å². The summed E-state index contributed by atoms with van der Waals surface area (Å²) in [5.41, 5.74) is 1.68. The smallest absolute Gasteiger partial charge is 0.387 e. The summed E-state index contributed by atoms with van der Waals surface area (Å²) in [6.07, 6.45) is 1.60. The van der Waals surface area contributed by atoms with Gasteiger partial charge in [-0.15, -0.1) is 0 Å². The van der Waals surface area contributed by atoms with E-state index in [2.05, 4.69) is 10.1 Å². The number of sulfonamides is 1. The molecule has 0 spiro atoms.